The van der Waals surface area contributed by atoms with Crippen LogP contribution in [-0.2, 0) is 26.3 Å². The van der Waals surface area contributed by atoms with E-state index in [2.05, 4.69) is 21.2 Å². The normalized spacial score (nSPS) is 12.3. The first-order chi connectivity index (χ1) is 16.0. The number of benzene rings is 2. The summed E-state index contributed by atoms with van der Waals surface area (Å²) in [7, 11) is -1.61. The smallest absolute Gasteiger partial charge is 0.304 e. The minimum absolute atomic E-state index is 0.0616. The van der Waals surface area contributed by atoms with Gasteiger partial charge in [0, 0.05) is 31.7 Å². The van der Waals surface area contributed by atoms with Crippen LogP contribution in [0, 0.1) is 5.82 Å². The maximum atomic E-state index is 14.6. The van der Waals surface area contributed by atoms with Gasteiger partial charge in [0.2, 0.25) is 11.8 Å². The molecule has 0 spiro atoms. The lowest BCUT2D eigenvalue weighted by molar-refractivity contribution is -0.139. The van der Waals surface area contributed by atoms with Crippen LogP contribution in [0.4, 0.5) is 10.1 Å². The predicted molar refractivity (Wildman–Crippen MR) is 134 cm³/mol. The Labute approximate surface area is 209 Å². The maximum Gasteiger partial charge on any atom is 0.304 e. The third kappa shape index (κ3) is 7.00. The Bertz CT molecular complexity index is 1110. The number of para-hydroxylation sites is 1. The summed E-state index contributed by atoms with van der Waals surface area (Å²) in [5.74, 6) is -1.79. The van der Waals surface area contributed by atoms with Crippen molar-refractivity contribution < 1.29 is 22.4 Å². The van der Waals surface area contributed by atoms with E-state index in [4.69, 9.17) is 0 Å². The average Bonchev–Trinajstić information content (AvgIpc) is 2.79. The molecule has 2 rings (SSSR count). The molecule has 0 saturated carbocycles. The molecule has 1 atom stereocenters. The summed E-state index contributed by atoms with van der Waals surface area (Å²) >= 11 is 3.39. The van der Waals surface area contributed by atoms with Crippen molar-refractivity contribution in [3.63, 3.8) is 0 Å². The molecule has 2 aromatic rings. The van der Waals surface area contributed by atoms with Gasteiger partial charge in [-0.1, -0.05) is 47.1 Å². The quantitative estimate of drug-likeness (QED) is 0.460. The molecule has 0 aliphatic heterocycles. The van der Waals surface area contributed by atoms with Crippen molar-refractivity contribution in [2.45, 2.75) is 32.9 Å². The molecule has 0 aliphatic rings. The lowest BCUT2D eigenvalue weighted by Crippen LogP contribution is -2.52. The van der Waals surface area contributed by atoms with Gasteiger partial charge in [-0.15, -0.1) is 0 Å². The number of hydrogen-bond acceptors (Lipinski definition) is 4. The summed E-state index contributed by atoms with van der Waals surface area (Å²) in [6, 6.07) is 11.7. The first-order valence-corrected chi connectivity index (χ1v) is 12.9. The average molecular weight is 557 g/mol. The summed E-state index contributed by atoms with van der Waals surface area (Å²) in [5.41, 5.74) is 0.487. The van der Waals surface area contributed by atoms with E-state index in [-0.39, 0.29) is 18.1 Å². The van der Waals surface area contributed by atoms with E-state index in [0.717, 1.165) is 31.1 Å². The van der Waals surface area contributed by atoms with Gasteiger partial charge in [0.05, 0.1) is 5.69 Å². The standard InChI is InChI=1S/C23H30BrFN4O4S/c1-5-13-26-23(31)17(2)28(15-18-9-8-10-19(24)14-18)22(30)16-29(34(32,33)27(3)4)21-12-7-6-11-20(21)25/h6-12,14,17H,5,13,15-16H2,1-4H3,(H,26,31)/t17-/m1/s1. The third-order valence-electron chi connectivity index (χ3n) is 5.10. The summed E-state index contributed by atoms with van der Waals surface area (Å²) in [5, 5.41) is 2.77. The van der Waals surface area contributed by atoms with Gasteiger partial charge in [0.1, 0.15) is 18.4 Å². The summed E-state index contributed by atoms with van der Waals surface area (Å²) < 4.78 is 43.0. The van der Waals surface area contributed by atoms with E-state index in [1.165, 1.54) is 37.2 Å². The van der Waals surface area contributed by atoms with Crippen LogP contribution < -0.4 is 9.62 Å². The Morgan fingerprint density at radius 1 is 1.12 bits per heavy atom. The van der Waals surface area contributed by atoms with Gasteiger partial charge in [-0.2, -0.15) is 12.7 Å². The fourth-order valence-electron chi connectivity index (χ4n) is 3.17. The first kappa shape index (κ1) is 27.7. The van der Waals surface area contributed by atoms with Crippen molar-refractivity contribution in [3.8, 4) is 0 Å². The largest absolute Gasteiger partial charge is 0.354 e. The van der Waals surface area contributed by atoms with Crippen molar-refractivity contribution in [3.05, 3.63) is 64.4 Å². The highest BCUT2D eigenvalue weighted by Crippen LogP contribution is 2.24. The third-order valence-corrected chi connectivity index (χ3v) is 7.40. The molecule has 0 aromatic heterocycles. The molecule has 8 nitrogen and oxygen atoms in total. The van der Waals surface area contributed by atoms with Gasteiger partial charge in [-0.05, 0) is 43.2 Å². The molecule has 0 heterocycles. The molecule has 186 valence electrons. The second-order valence-corrected chi connectivity index (χ2v) is 10.8. The van der Waals surface area contributed by atoms with Crippen LogP contribution >= 0.6 is 15.9 Å². The van der Waals surface area contributed by atoms with Crippen LogP contribution in [0.15, 0.2) is 53.0 Å². The van der Waals surface area contributed by atoms with Crippen molar-refractivity contribution in [1.29, 1.82) is 0 Å². The van der Waals surface area contributed by atoms with Crippen molar-refractivity contribution in [1.82, 2.24) is 14.5 Å². The number of anilines is 1. The van der Waals surface area contributed by atoms with E-state index in [0.29, 0.717) is 6.54 Å². The summed E-state index contributed by atoms with van der Waals surface area (Å²) in [4.78, 5) is 27.5. The molecule has 0 saturated heterocycles. The lowest BCUT2D eigenvalue weighted by atomic mass is 10.1. The zero-order valence-corrected chi connectivity index (χ0v) is 22.1. The van der Waals surface area contributed by atoms with E-state index in [1.54, 1.807) is 19.1 Å². The van der Waals surface area contributed by atoms with Crippen LogP contribution in [0.5, 0.6) is 0 Å². The molecule has 2 aromatic carbocycles. The Kier molecular flexibility index (Phi) is 10.0. The highest BCUT2D eigenvalue weighted by atomic mass is 79.9. The van der Waals surface area contributed by atoms with Crippen LogP contribution in [-0.4, -0.2) is 62.7 Å². The molecular weight excluding hydrogens is 527 g/mol. The van der Waals surface area contributed by atoms with Crippen LogP contribution in [0.1, 0.15) is 25.8 Å². The minimum atomic E-state index is -4.21. The molecule has 0 radical (unpaired) electrons. The summed E-state index contributed by atoms with van der Waals surface area (Å²) in [6.45, 7) is 3.31. The van der Waals surface area contributed by atoms with E-state index < -0.39 is 34.5 Å². The van der Waals surface area contributed by atoms with Crippen molar-refractivity contribution in [2.24, 2.45) is 0 Å². The molecule has 0 unspecified atom stereocenters. The number of hydrogen-bond donors (Lipinski definition) is 1. The van der Waals surface area contributed by atoms with Crippen molar-refractivity contribution >= 4 is 43.6 Å². The monoisotopic (exact) mass is 556 g/mol. The molecular formula is C23H30BrFN4O4S. The van der Waals surface area contributed by atoms with Gasteiger partial charge in [-0.3, -0.25) is 9.59 Å². The fraction of sp³-hybridized carbons (Fsp3) is 0.391. The van der Waals surface area contributed by atoms with E-state index in [1.807, 2.05) is 19.1 Å². The topological polar surface area (TPSA) is 90.0 Å². The number of carbonyl (C=O) groups excluding carboxylic acids is 2. The minimum Gasteiger partial charge on any atom is -0.354 e. The molecule has 0 aliphatic carbocycles. The number of carbonyl (C=O) groups is 2. The Morgan fingerprint density at radius 3 is 2.38 bits per heavy atom. The van der Waals surface area contributed by atoms with Crippen molar-refractivity contribution in [2.75, 3.05) is 31.5 Å². The summed E-state index contributed by atoms with van der Waals surface area (Å²) in [6.07, 6.45) is 0.722. The Morgan fingerprint density at radius 2 is 1.79 bits per heavy atom. The number of amides is 2. The van der Waals surface area contributed by atoms with Crippen LogP contribution in [0.25, 0.3) is 0 Å². The second kappa shape index (κ2) is 12.3. The Hall–Kier alpha value is -2.50. The number of nitrogens with one attached hydrogen (secondary N) is 1. The number of rotatable bonds is 11. The maximum absolute atomic E-state index is 14.6. The van der Waals surface area contributed by atoms with Crippen LogP contribution in [0.2, 0.25) is 0 Å². The van der Waals surface area contributed by atoms with Gasteiger partial charge < -0.3 is 10.2 Å². The zero-order chi connectivity index (χ0) is 25.5. The second-order valence-electron chi connectivity index (χ2n) is 7.87. The molecule has 0 fully saturated rings. The predicted octanol–water partition coefficient (Wildman–Crippen LogP) is 3.14. The molecule has 1 N–H and O–H groups in total. The first-order valence-electron chi connectivity index (χ1n) is 10.7. The molecule has 34 heavy (non-hydrogen) atoms. The lowest BCUT2D eigenvalue weighted by Gasteiger charge is -2.33. The highest BCUT2D eigenvalue weighted by Gasteiger charge is 2.33. The highest BCUT2D eigenvalue weighted by molar-refractivity contribution is 9.10. The molecule has 11 heteroatoms. The van der Waals surface area contributed by atoms with E-state index in [9.17, 15) is 22.4 Å². The zero-order valence-electron chi connectivity index (χ0n) is 19.7. The van der Waals surface area contributed by atoms with Gasteiger partial charge in [-0.25, -0.2) is 8.70 Å². The molecule has 2 amide bonds. The van der Waals surface area contributed by atoms with Gasteiger partial charge >= 0.3 is 10.2 Å². The van der Waals surface area contributed by atoms with E-state index >= 15 is 0 Å². The number of nitrogens with zero attached hydrogens (tertiary/aromatic N) is 3. The van der Waals surface area contributed by atoms with Crippen LogP contribution in [0.3, 0.4) is 0 Å². The Balaban J connectivity index is 2.45. The van der Waals surface area contributed by atoms with Gasteiger partial charge in [0.25, 0.3) is 0 Å². The SMILES string of the molecule is CCCNC(=O)[C@@H](C)N(Cc1cccc(Br)c1)C(=O)CN(c1ccccc1F)S(=O)(=O)N(C)C. The fourth-order valence-corrected chi connectivity index (χ4v) is 4.68. The molecule has 0 bridgehead atoms. The number of halogens is 2. The van der Waals surface area contributed by atoms with Gasteiger partial charge in [0.15, 0.2) is 0 Å².